The minimum Gasteiger partial charge on any atom is -0.378 e. The summed E-state index contributed by atoms with van der Waals surface area (Å²) in [5.41, 5.74) is 0.849. The Labute approximate surface area is 113 Å². The fraction of sp³-hybridized carbons (Fsp3) is 0.643. The molecule has 19 heavy (non-hydrogen) atoms. The summed E-state index contributed by atoms with van der Waals surface area (Å²) in [5, 5.41) is 2.90. The number of hydrogen-bond acceptors (Lipinski definition) is 4. The maximum absolute atomic E-state index is 11.8. The minimum absolute atomic E-state index is 0.0937. The molecule has 0 radical (unpaired) electrons. The van der Waals surface area contributed by atoms with Crippen LogP contribution >= 0.6 is 0 Å². The molecule has 1 fully saturated rings. The van der Waals surface area contributed by atoms with Crippen LogP contribution in [0.25, 0.3) is 0 Å². The molecule has 5 heteroatoms. The highest BCUT2D eigenvalue weighted by Gasteiger charge is 2.30. The first kappa shape index (κ1) is 13.9. The lowest BCUT2D eigenvalue weighted by molar-refractivity contribution is -0.124. The Balaban J connectivity index is 1.66. The van der Waals surface area contributed by atoms with Crippen LogP contribution < -0.4 is 5.32 Å². The summed E-state index contributed by atoms with van der Waals surface area (Å²) in [5.74, 6) is 1.30. The van der Waals surface area contributed by atoms with E-state index in [0.29, 0.717) is 25.0 Å². The first-order chi connectivity index (χ1) is 9.17. The van der Waals surface area contributed by atoms with Crippen molar-refractivity contribution in [1.82, 2.24) is 15.3 Å². The topological polar surface area (TPSA) is 64.1 Å². The van der Waals surface area contributed by atoms with Crippen LogP contribution in [0.4, 0.5) is 0 Å². The van der Waals surface area contributed by atoms with Crippen molar-refractivity contribution >= 4 is 5.91 Å². The van der Waals surface area contributed by atoms with Gasteiger partial charge in [-0.15, -0.1) is 0 Å². The van der Waals surface area contributed by atoms with E-state index in [0.717, 1.165) is 31.0 Å². The maximum atomic E-state index is 11.8. The Bertz CT molecular complexity index is 430. The van der Waals surface area contributed by atoms with Gasteiger partial charge < -0.3 is 10.1 Å². The van der Waals surface area contributed by atoms with Crippen LogP contribution in [0.3, 0.4) is 0 Å². The molecule has 2 rings (SSSR count). The van der Waals surface area contributed by atoms with E-state index in [1.54, 1.807) is 6.20 Å². The second-order valence-electron chi connectivity index (χ2n) is 4.99. The van der Waals surface area contributed by atoms with E-state index in [2.05, 4.69) is 15.3 Å². The number of amides is 1. The van der Waals surface area contributed by atoms with Crippen molar-refractivity contribution in [2.75, 3.05) is 6.61 Å². The largest absolute Gasteiger partial charge is 0.378 e. The molecule has 104 valence electrons. The smallest absolute Gasteiger partial charge is 0.220 e. The maximum Gasteiger partial charge on any atom is 0.220 e. The molecule has 5 nitrogen and oxygen atoms in total. The number of hydrogen-bond donors (Lipinski definition) is 1. The summed E-state index contributed by atoms with van der Waals surface area (Å²) >= 11 is 0. The molecule has 0 aliphatic heterocycles. The third-order valence-electron chi connectivity index (χ3n) is 3.37. The van der Waals surface area contributed by atoms with Crippen LogP contribution in [0.5, 0.6) is 0 Å². The molecular weight excluding hydrogens is 242 g/mol. The molecular formula is C14H21N3O2. The van der Waals surface area contributed by atoms with Gasteiger partial charge in [-0.2, -0.15) is 0 Å². The number of nitrogens with one attached hydrogen (secondary N) is 1. The van der Waals surface area contributed by atoms with Gasteiger partial charge in [0.25, 0.3) is 0 Å². The Morgan fingerprint density at radius 1 is 1.53 bits per heavy atom. The molecule has 0 spiro atoms. The predicted octanol–water partition coefficient (Wildman–Crippen LogP) is 1.61. The highest BCUT2D eigenvalue weighted by atomic mass is 16.5. The van der Waals surface area contributed by atoms with Crippen molar-refractivity contribution in [3.05, 3.63) is 23.8 Å². The standard InChI is InChI=1S/C14H21N3O2/c1-3-19-13-6-11(7-13)8-14(18)16-9-12-4-5-15-10(2)17-12/h4-5,11,13H,3,6-9H2,1-2H3,(H,16,18). The van der Waals surface area contributed by atoms with Gasteiger partial charge in [0.2, 0.25) is 5.91 Å². The van der Waals surface area contributed by atoms with Crippen molar-refractivity contribution in [3.63, 3.8) is 0 Å². The van der Waals surface area contributed by atoms with Crippen LogP contribution in [0.2, 0.25) is 0 Å². The van der Waals surface area contributed by atoms with Crippen molar-refractivity contribution in [2.45, 2.75) is 45.8 Å². The third-order valence-corrected chi connectivity index (χ3v) is 3.37. The SMILES string of the molecule is CCOC1CC(CC(=O)NCc2ccnc(C)n2)C1. The van der Waals surface area contributed by atoms with Crippen LogP contribution in [0.15, 0.2) is 12.3 Å². The van der Waals surface area contributed by atoms with Crippen molar-refractivity contribution < 1.29 is 9.53 Å². The summed E-state index contributed by atoms with van der Waals surface area (Å²) in [6, 6.07) is 1.82. The van der Waals surface area contributed by atoms with E-state index in [9.17, 15) is 4.79 Å². The van der Waals surface area contributed by atoms with Crippen molar-refractivity contribution in [1.29, 1.82) is 0 Å². The summed E-state index contributed by atoms with van der Waals surface area (Å²) in [6.45, 7) is 5.08. The number of carbonyl (C=O) groups is 1. The van der Waals surface area contributed by atoms with E-state index < -0.39 is 0 Å². The summed E-state index contributed by atoms with van der Waals surface area (Å²) in [7, 11) is 0. The number of rotatable bonds is 6. The Kier molecular flexibility index (Phi) is 4.85. The summed E-state index contributed by atoms with van der Waals surface area (Å²) in [6.07, 6.45) is 4.69. The molecule has 0 bridgehead atoms. The number of nitrogens with zero attached hydrogens (tertiary/aromatic N) is 2. The zero-order chi connectivity index (χ0) is 13.7. The lowest BCUT2D eigenvalue weighted by Gasteiger charge is -2.34. The summed E-state index contributed by atoms with van der Waals surface area (Å²) in [4.78, 5) is 20.0. The molecule has 0 atom stereocenters. The fourth-order valence-corrected chi connectivity index (χ4v) is 2.34. The third kappa shape index (κ3) is 4.28. The van der Waals surface area contributed by atoms with Crippen LogP contribution in [-0.4, -0.2) is 28.6 Å². The van der Waals surface area contributed by atoms with Gasteiger partial charge in [0.05, 0.1) is 18.3 Å². The van der Waals surface area contributed by atoms with Gasteiger partial charge in [0, 0.05) is 19.2 Å². The molecule has 0 aromatic carbocycles. The molecule has 1 aromatic rings. The van der Waals surface area contributed by atoms with Gasteiger partial charge in [-0.25, -0.2) is 9.97 Å². The highest BCUT2D eigenvalue weighted by Crippen LogP contribution is 2.32. The second kappa shape index (κ2) is 6.61. The van der Waals surface area contributed by atoms with Gasteiger partial charge in [-0.05, 0) is 38.7 Å². The molecule has 1 amide bonds. The quantitative estimate of drug-likeness (QED) is 0.847. The average molecular weight is 263 g/mol. The monoisotopic (exact) mass is 263 g/mol. The van der Waals surface area contributed by atoms with E-state index in [1.165, 1.54) is 0 Å². The van der Waals surface area contributed by atoms with E-state index in [-0.39, 0.29) is 5.91 Å². The molecule has 1 N–H and O–H groups in total. The fourth-order valence-electron chi connectivity index (χ4n) is 2.34. The first-order valence-electron chi connectivity index (χ1n) is 6.84. The van der Waals surface area contributed by atoms with E-state index in [4.69, 9.17) is 4.74 Å². The first-order valence-corrected chi connectivity index (χ1v) is 6.84. The zero-order valence-electron chi connectivity index (χ0n) is 11.6. The predicted molar refractivity (Wildman–Crippen MR) is 71.4 cm³/mol. The molecule has 1 aliphatic rings. The molecule has 0 unspecified atom stereocenters. The number of ether oxygens (including phenoxy) is 1. The van der Waals surface area contributed by atoms with Gasteiger partial charge in [-0.1, -0.05) is 0 Å². The van der Waals surface area contributed by atoms with E-state index >= 15 is 0 Å². The van der Waals surface area contributed by atoms with Gasteiger partial charge in [0.15, 0.2) is 0 Å². The number of carbonyl (C=O) groups excluding carboxylic acids is 1. The molecule has 0 saturated heterocycles. The molecule has 1 saturated carbocycles. The van der Waals surface area contributed by atoms with Gasteiger partial charge >= 0.3 is 0 Å². The van der Waals surface area contributed by atoms with Crippen LogP contribution in [0.1, 0.15) is 37.7 Å². The molecule has 1 heterocycles. The van der Waals surface area contributed by atoms with Crippen molar-refractivity contribution in [2.24, 2.45) is 5.92 Å². The van der Waals surface area contributed by atoms with Gasteiger partial charge in [0.1, 0.15) is 5.82 Å². The Hall–Kier alpha value is -1.49. The number of aryl methyl sites for hydroxylation is 1. The van der Waals surface area contributed by atoms with E-state index in [1.807, 2.05) is 19.9 Å². The second-order valence-corrected chi connectivity index (χ2v) is 4.99. The average Bonchev–Trinajstić information content (AvgIpc) is 2.34. The van der Waals surface area contributed by atoms with Crippen molar-refractivity contribution in [3.8, 4) is 0 Å². The lowest BCUT2D eigenvalue weighted by atomic mass is 9.80. The Morgan fingerprint density at radius 2 is 2.32 bits per heavy atom. The normalized spacial score (nSPS) is 21.8. The lowest BCUT2D eigenvalue weighted by Crippen LogP contribution is -2.35. The van der Waals surface area contributed by atoms with Gasteiger partial charge in [-0.3, -0.25) is 4.79 Å². The number of aromatic nitrogens is 2. The zero-order valence-corrected chi connectivity index (χ0v) is 11.6. The van der Waals surface area contributed by atoms with Crippen LogP contribution in [-0.2, 0) is 16.1 Å². The highest BCUT2D eigenvalue weighted by molar-refractivity contribution is 5.76. The summed E-state index contributed by atoms with van der Waals surface area (Å²) < 4.78 is 5.48. The molecule has 1 aliphatic carbocycles. The molecule has 1 aromatic heterocycles. The Morgan fingerprint density at radius 3 is 3.00 bits per heavy atom. The minimum atomic E-state index is 0.0937. The van der Waals surface area contributed by atoms with Crippen LogP contribution in [0, 0.1) is 12.8 Å².